The Hall–Kier alpha value is -0.770. The predicted molar refractivity (Wildman–Crippen MR) is 85.4 cm³/mol. The Bertz CT molecular complexity index is 353. The van der Waals surface area contributed by atoms with Gasteiger partial charge in [-0.1, -0.05) is 13.3 Å². The zero-order chi connectivity index (χ0) is 15.5. The first-order valence-corrected chi connectivity index (χ1v) is 8.55. The summed E-state index contributed by atoms with van der Waals surface area (Å²) in [5, 5.41) is 3.71. The molecule has 1 heterocycles. The van der Waals surface area contributed by atoms with Crippen LogP contribution < -0.4 is 5.32 Å². The van der Waals surface area contributed by atoms with E-state index < -0.39 is 5.60 Å². The maximum atomic E-state index is 12.2. The molecular formula is C17H32N2O2. The number of hydrogen-bond acceptors (Lipinski definition) is 3. The fourth-order valence-electron chi connectivity index (χ4n) is 3.33. The van der Waals surface area contributed by atoms with Crippen LogP contribution in [0.3, 0.4) is 0 Å². The highest BCUT2D eigenvalue weighted by Gasteiger charge is 2.36. The number of carbonyl (C=O) groups is 1. The average molecular weight is 296 g/mol. The van der Waals surface area contributed by atoms with Crippen molar-refractivity contribution in [2.75, 3.05) is 19.6 Å². The van der Waals surface area contributed by atoms with Crippen LogP contribution in [0.2, 0.25) is 0 Å². The molecule has 2 aliphatic rings. The average Bonchev–Trinajstić information content (AvgIpc) is 2.36. The monoisotopic (exact) mass is 296 g/mol. The van der Waals surface area contributed by atoms with E-state index in [-0.39, 0.29) is 6.09 Å². The summed E-state index contributed by atoms with van der Waals surface area (Å²) in [6, 6.07) is 0.426. The third-order valence-electron chi connectivity index (χ3n) is 5.00. The summed E-state index contributed by atoms with van der Waals surface area (Å²) in [7, 11) is 0. The smallest absolute Gasteiger partial charge is 0.410 e. The predicted octanol–water partition coefficient (Wildman–Crippen LogP) is 3.56. The number of carbonyl (C=O) groups excluding carboxylic acids is 1. The zero-order valence-corrected chi connectivity index (χ0v) is 14.2. The van der Waals surface area contributed by atoms with E-state index >= 15 is 0 Å². The van der Waals surface area contributed by atoms with Crippen LogP contribution in [0, 0.1) is 5.41 Å². The number of hydrogen-bond donors (Lipinski definition) is 1. The van der Waals surface area contributed by atoms with E-state index in [4.69, 9.17) is 4.74 Å². The van der Waals surface area contributed by atoms with Crippen molar-refractivity contribution < 1.29 is 9.53 Å². The minimum atomic E-state index is -0.407. The Labute approximate surface area is 129 Å². The van der Waals surface area contributed by atoms with Crippen LogP contribution >= 0.6 is 0 Å². The number of amides is 1. The molecule has 4 nitrogen and oxygen atoms in total. The lowest BCUT2D eigenvalue weighted by Crippen LogP contribution is -2.52. The van der Waals surface area contributed by atoms with Crippen molar-refractivity contribution in [3.8, 4) is 0 Å². The van der Waals surface area contributed by atoms with Crippen molar-refractivity contribution in [2.45, 2.75) is 77.9 Å². The molecule has 1 aliphatic carbocycles. The van der Waals surface area contributed by atoms with Crippen molar-refractivity contribution in [1.82, 2.24) is 10.2 Å². The Morgan fingerprint density at radius 1 is 1.33 bits per heavy atom. The molecule has 0 bridgehead atoms. The maximum Gasteiger partial charge on any atom is 0.410 e. The molecule has 2 rings (SSSR count). The summed E-state index contributed by atoms with van der Waals surface area (Å²) in [5.41, 5.74) is 0.129. The summed E-state index contributed by atoms with van der Waals surface area (Å²) >= 11 is 0. The van der Waals surface area contributed by atoms with E-state index in [1.54, 1.807) is 0 Å². The minimum absolute atomic E-state index is 0.164. The van der Waals surface area contributed by atoms with Crippen LogP contribution in [0.5, 0.6) is 0 Å². The van der Waals surface area contributed by atoms with E-state index in [1.807, 2.05) is 25.7 Å². The first-order valence-electron chi connectivity index (χ1n) is 8.55. The Morgan fingerprint density at radius 3 is 2.57 bits per heavy atom. The Morgan fingerprint density at radius 2 is 2.05 bits per heavy atom. The van der Waals surface area contributed by atoms with Crippen LogP contribution in [0.15, 0.2) is 0 Å². The SMILES string of the molecule is CCC1(CNC2CCCN(C(=O)OC(C)(C)C)C2)CCC1. The van der Waals surface area contributed by atoms with Gasteiger partial charge in [0.05, 0.1) is 0 Å². The van der Waals surface area contributed by atoms with Crippen LogP contribution in [0.1, 0.15) is 66.2 Å². The lowest BCUT2D eigenvalue weighted by atomic mass is 9.67. The number of rotatable bonds is 4. The van der Waals surface area contributed by atoms with Gasteiger partial charge in [0.2, 0.25) is 0 Å². The quantitative estimate of drug-likeness (QED) is 0.862. The van der Waals surface area contributed by atoms with Gasteiger partial charge in [0.15, 0.2) is 0 Å². The molecule has 1 saturated carbocycles. The third kappa shape index (κ3) is 4.60. The molecule has 0 aromatic carbocycles. The summed E-state index contributed by atoms with van der Waals surface area (Å²) in [5.74, 6) is 0. The fourth-order valence-corrected chi connectivity index (χ4v) is 3.33. The highest BCUT2D eigenvalue weighted by molar-refractivity contribution is 5.68. The summed E-state index contributed by atoms with van der Waals surface area (Å²) in [4.78, 5) is 14.0. The summed E-state index contributed by atoms with van der Waals surface area (Å²) in [6.07, 6.45) is 7.43. The molecule has 1 saturated heterocycles. The van der Waals surface area contributed by atoms with Crippen LogP contribution in [0.4, 0.5) is 4.79 Å². The molecule has 0 aromatic rings. The number of ether oxygens (including phenoxy) is 1. The van der Waals surface area contributed by atoms with Gasteiger partial charge in [-0.3, -0.25) is 0 Å². The molecule has 1 amide bonds. The Kier molecular flexibility index (Phi) is 5.18. The molecular weight excluding hydrogens is 264 g/mol. The first-order chi connectivity index (χ1) is 9.84. The minimum Gasteiger partial charge on any atom is -0.444 e. The second kappa shape index (κ2) is 6.55. The van der Waals surface area contributed by atoms with E-state index in [9.17, 15) is 4.79 Å². The molecule has 1 N–H and O–H groups in total. The highest BCUT2D eigenvalue weighted by Crippen LogP contribution is 2.43. The van der Waals surface area contributed by atoms with Gasteiger partial charge in [-0.2, -0.15) is 0 Å². The molecule has 0 aromatic heterocycles. The van der Waals surface area contributed by atoms with Crippen LogP contribution in [-0.4, -0.2) is 42.3 Å². The molecule has 0 spiro atoms. The highest BCUT2D eigenvalue weighted by atomic mass is 16.6. The van der Waals surface area contributed by atoms with Gasteiger partial charge < -0.3 is 15.0 Å². The maximum absolute atomic E-state index is 12.2. The molecule has 1 atom stereocenters. The second-order valence-electron chi connectivity index (χ2n) is 7.85. The van der Waals surface area contributed by atoms with Gasteiger partial charge in [-0.25, -0.2) is 4.79 Å². The van der Waals surface area contributed by atoms with Gasteiger partial charge in [-0.15, -0.1) is 0 Å². The lowest BCUT2D eigenvalue weighted by Gasteiger charge is -2.43. The molecule has 122 valence electrons. The van der Waals surface area contributed by atoms with Gasteiger partial charge in [-0.05, 0) is 58.3 Å². The topological polar surface area (TPSA) is 41.6 Å². The lowest BCUT2D eigenvalue weighted by molar-refractivity contribution is 0.0176. The molecule has 21 heavy (non-hydrogen) atoms. The molecule has 4 heteroatoms. The normalized spacial score (nSPS) is 25.3. The largest absolute Gasteiger partial charge is 0.444 e. The van der Waals surface area contributed by atoms with Crippen LogP contribution in [0.25, 0.3) is 0 Å². The third-order valence-corrected chi connectivity index (χ3v) is 5.00. The first kappa shape index (κ1) is 16.6. The molecule has 1 aliphatic heterocycles. The van der Waals surface area contributed by atoms with Gasteiger partial charge >= 0.3 is 6.09 Å². The standard InChI is InChI=1S/C17H32N2O2/c1-5-17(9-7-10-17)13-18-14-8-6-11-19(12-14)15(20)21-16(2,3)4/h14,18H,5-13H2,1-4H3. The Balaban J connectivity index is 1.79. The summed E-state index contributed by atoms with van der Waals surface area (Å²) < 4.78 is 5.48. The number of piperidine rings is 1. The molecule has 0 radical (unpaired) electrons. The van der Waals surface area contributed by atoms with Crippen molar-refractivity contribution in [2.24, 2.45) is 5.41 Å². The van der Waals surface area contributed by atoms with Crippen molar-refractivity contribution in [3.05, 3.63) is 0 Å². The number of likely N-dealkylation sites (tertiary alicyclic amines) is 1. The van der Waals surface area contributed by atoms with Gasteiger partial charge in [0.1, 0.15) is 5.60 Å². The fraction of sp³-hybridized carbons (Fsp3) is 0.941. The number of nitrogens with zero attached hydrogens (tertiary/aromatic N) is 1. The molecule has 2 fully saturated rings. The zero-order valence-electron chi connectivity index (χ0n) is 14.2. The van der Waals surface area contributed by atoms with E-state index in [0.717, 1.165) is 26.1 Å². The van der Waals surface area contributed by atoms with Crippen molar-refractivity contribution in [1.29, 1.82) is 0 Å². The van der Waals surface area contributed by atoms with E-state index in [1.165, 1.54) is 32.1 Å². The van der Waals surface area contributed by atoms with E-state index in [2.05, 4.69) is 12.2 Å². The van der Waals surface area contributed by atoms with Crippen molar-refractivity contribution in [3.63, 3.8) is 0 Å². The van der Waals surface area contributed by atoms with Gasteiger partial charge in [0.25, 0.3) is 0 Å². The van der Waals surface area contributed by atoms with Gasteiger partial charge in [0, 0.05) is 25.7 Å². The van der Waals surface area contributed by atoms with Crippen LogP contribution in [-0.2, 0) is 4.74 Å². The summed E-state index contributed by atoms with van der Waals surface area (Å²) in [6.45, 7) is 10.8. The second-order valence-corrected chi connectivity index (χ2v) is 7.85. The van der Waals surface area contributed by atoms with Crippen molar-refractivity contribution >= 4 is 6.09 Å². The number of nitrogens with one attached hydrogen (secondary N) is 1. The van der Waals surface area contributed by atoms with E-state index in [0.29, 0.717) is 11.5 Å². The molecule has 1 unspecified atom stereocenters.